The van der Waals surface area contributed by atoms with E-state index in [2.05, 4.69) is 5.32 Å². The molecule has 0 spiro atoms. The first-order chi connectivity index (χ1) is 12.7. The maximum atomic E-state index is 12.9. The summed E-state index contributed by atoms with van der Waals surface area (Å²) < 4.78 is 5.53. The van der Waals surface area contributed by atoms with Crippen LogP contribution in [0.1, 0.15) is 46.9 Å². The number of para-hydroxylation sites is 2. The van der Waals surface area contributed by atoms with Crippen molar-refractivity contribution in [3.05, 3.63) is 59.7 Å². The highest BCUT2D eigenvalue weighted by molar-refractivity contribution is 6.10. The SMILES string of the molecule is CCOc1ccccc1C(=O)Nc1ccccc1C(=O)N1CCCCC1. The minimum atomic E-state index is -0.284. The molecule has 3 rings (SSSR count). The van der Waals surface area contributed by atoms with Gasteiger partial charge in [-0.15, -0.1) is 0 Å². The van der Waals surface area contributed by atoms with Crippen LogP contribution in [0.15, 0.2) is 48.5 Å². The van der Waals surface area contributed by atoms with Gasteiger partial charge < -0.3 is 15.0 Å². The average Bonchev–Trinajstić information content (AvgIpc) is 2.69. The lowest BCUT2D eigenvalue weighted by Gasteiger charge is -2.27. The van der Waals surface area contributed by atoms with Gasteiger partial charge >= 0.3 is 0 Å². The molecule has 2 aromatic carbocycles. The Bertz CT molecular complexity index is 782. The first kappa shape index (κ1) is 18.0. The summed E-state index contributed by atoms with van der Waals surface area (Å²) >= 11 is 0. The van der Waals surface area contributed by atoms with Gasteiger partial charge in [-0.2, -0.15) is 0 Å². The molecule has 2 aromatic rings. The van der Waals surface area contributed by atoms with Crippen molar-refractivity contribution in [3.63, 3.8) is 0 Å². The zero-order valence-electron chi connectivity index (χ0n) is 15.0. The van der Waals surface area contributed by atoms with E-state index in [0.717, 1.165) is 32.4 Å². The largest absolute Gasteiger partial charge is 0.493 e. The molecular weight excluding hydrogens is 328 g/mol. The summed E-state index contributed by atoms with van der Waals surface area (Å²) in [5.41, 5.74) is 1.51. The molecule has 0 atom stereocenters. The van der Waals surface area contributed by atoms with Crippen LogP contribution in [0.2, 0.25) is 0 Å². The van der Waals surface area contributed by atoms with Crippen LogP contribution in [0.4, 0.5) is 5.69 Å². The highest BCUT2D eigenvalue weighted by Crippen LogP contribution is 2.23. The number of nitrogens with one attached hydrogen (secondary N) is 1. The predicted octanol–water partition coefficient (Wildman–Crippen LogP) is 3.96. The molecule has 0 bridgehead atoms. The Morgan fingerprint density at radius 2 is 1.62 bits per heavy atom. The summed E-state index contributed by atoms with van der Waals surface area (Å²) in [7, 11) is 0. The molecule has 5 nitrogen and oxygen atoms in total. The fourth-order valence-corrected chi connectivity index (χ4v) is 3.17. The van der Waals surface area contributed by atoms with Gasteiger partial charge in [0.2, 0.25) is 0 Å². The number of piperidine rings is 1. The van der Waals surface area contributed by atoms with E-state index < -0.39 is 0 Å². The molecule has 0 unspecified atom stereocenters. The van der Waals surface area contributed by atoms with Crippen LogP contribution in [0, 0.1) is 0 Å². The molecule has 26 heavy (non-hydrogen) atoms. The molecule has 1 N–H and O–H groups in total. The van der Waals surface area contributed by atoms with E-state index in [1.807, 2.05) is 30.0 Å². The second-order valence-electron chi connectivity index (χ2n) is 6.28. The summed E-state index contributed by atoms with van der Waals surface area (Å²) in [6.45, 7) is 3.90. The van der Waals surface area contributed by atoms with E-state index in [-0.39, 0.29) is 11.8 Å². The molecule has 0 aliphatic carbocycles. The number of carbonyl (C=O) groups excluding carboxylic acids is 2. The number of carbonyl (C=O) groups is 2. The first-order valence-corrected chi connectivity index (χ1v) is 9.12. The molecule has 1 heterocycles. The Balaban J connectivity index is 1.82. The number of ether oxygens (including phenoxy) is 1. The van der Waals surface area contributed by atoms with Crippen molar-refractivity contribution < 1.29 is 14.3 Å². The second kappa shape index (κ2) is 8.52. The minimum absolute atomic E-state index is 0.0290. The van der Waals surface area contributed by atoms with Crippen LogP contribution in [0.25, 0.3) is 0 Å². The number of nitrogens with zero attached hydrogens (tertiary/aromatic N) is 1. The molecule has 2 amide bonds. The topological polar surface area (TPSA) is 58.6 Å². The number of hydrogen-bond acceptors (Lipinski definition) is 3. The van der Waals surface area contributed by atoms with Gasteiger partial charge in [-0.1, -0.05) is 24.3 Å². The monoisotopic (exact) mass is 352 g/mol. The van der Waals surface area contributed by atoms with E-state index in [1.165, 1.54) is 0 Å². The lowest BCUT2D eigenvalue weighted by atomic mass is 10.1. The molecule has 1 fully saturated rings. The number of likely N-dealkylation sites (tertiary alicyclic amines) is 1. The van der Waals surface area contributed by atoms with Gasteiger partial charge in [-0.05, 0) is 50.5 Å². The highest BCUT2D eigenvalue weighted by Gasteiger charge is 2.22. The number of benzene rings is 2. The summed E-state index contributed by atoms with van der Waals surface area (Å²) in [6.07, 6.45) is 3.22. The number of rotatable bonds is 5. The van der Waals surface area contributed by atoms with Crippen molar-refractivity contribution in [2.45, 2.75) is 26.2 Å². The van der Waals surface area contributed by atoms with Crippen LogP contribution in [0.3, 0.4) is 0 Å². The van der Waals surface area contributed by atoms with Crippen molar-refractivity contribution in [2.24, 2.45) is 0 Å². The van der Waals surface area contributed by atoms with E-state index in [4.69, 9.17) is 4.74 Å². The molecule has 0 saturated carbocycles. The Morgan fingerprint density at radius 1 is 0.962 bits per heavy atom. The maximum absolute atomic E-state index is 12.9. The molecule has 1 saturated heterocycles. The Morgan fingerprint density at radius 3 is 2.35 bits per heavy atom. The fraction of sp³-hybridized carbons (Fsp3) is 0.333. The standard InChI is InChI=1S/C21H24N2O3/c1-2-26-19-13-7-5-11-17(19)20(24)22-18-12-6-4-10-16(18)21(25)23-14-8-3-9-15-23/h4-7,10-13H,2-3,8-9,14-15H2,1H3,(H,22,24). The van der Waals surface area contributed by atoms with Gasteiger partial charge in [0.25, 0.3) is 11.8 Å². The summed E-state index contributed by atoms with van der Waals surface area (Å²) in [6, 6.07) is 14.3. The van der Waals surface area contributed by atoms with Crippen molar-refractivity contribution in [3.8, 4) is 5.75 Å². The Kier molecular flexibility index (Phi) is 5.89. The average molecular weight is 352 g/mol. The van der Waals surface area contributed by atoms with Gasteiger partial charge in [-0.25, -0.2) is 0 Å². The van der Waals surface area contributed by atoms with E-state index in [9.17, 15) is 9.59 Å². The lowest BCUT2D eigenvalue weighted by Crippen LogP contribution is -2.36. The van der Waals surface area contributed by atoms with Gasteiger partial charge in [-0.3, -0.25) is 9.59 Å². The second-order valence-corrected chi connectivity index (χ2v) is 6.28. The van der Waals surface area contributed by atoms with Crippen LogP contribution >= 0.6 is 0 Å². The molecular formula is C21H24N2O3. The van der Waals surface area contributed by atoms with E-state index >= 15 is 0 Å². The third-order valence-corrected chi connectivity index (χ3v) is 4.48. The predicted molar refractivity (Wildman–Crippen MR) is 102 cm³/mol. The van der Waals surface area contributed by atoms with Crippen molar-refractivity contribution >= 4 is 17.5 Å². The molecule has 136 valence electrons. The van der Waals surface area contributed by atoms with Gasteiger partial charge in [0.15, 0.2) is 0 Å². The normalized spacial score (nSPS) is 14.0. The molecule has 0 aromatic heterocycles. The van der Waals surface area contributed by atoms with Gasteiger partial charge in [0, 0.05) is 13.1 Å². The van der Waals surface area contributed by atoms with Crippen molar-refractivity contribution in [2.75, 3.05) is 25.0 Å². The smallest absolute Gasteiger partial charge is 0.259 e. The quantitative estimate of drug-likeness (QED) is 0.886. The molecule has 5 heteroatoms. The molecule has 1 aliphatic heterocycles. The summed E-state index contributed by atoms with van der Waals surface area (Å²) in [5, 5.41) is 2.88. The lowest BCUT2D eigenvalue weighted by molar-refractivity contribution is 0.0725. The number of anilines is 1. The van der Waals surface area contributed by atoms with E-state index in [1.54, 1.807) is 30.3 Å². The molecule has 0 radical (unpaired) electrons. The Hall–Kier alpha value is -2.82. The van der Waals surface area contributed by atoms with Crippen LogP contribution in [-0.4, -0.2) is 36.4 Å². The maximum Gasteiger partial charge on any atom is 0.259 e. The highest BCUT2D eigenvalue weighted by atomic mass is 16.5. The minimum Gasteiger partial charge on any atom is -0.493 e. The number of hydrogen-bond donors (Lipinski definition) is 1. The van der Waals surface area contributed by atoms with Crippen LogP contribution < -0.4 is 10.1 Å². The van der Waals surface area contributed by atoms with E-state index in [0.29, 0.717) is 29.2 Å². The number of amides is 2. The van der Waals surface area contributed by atoms with Crippen LogP contribution in [-0.2, 0) is 0 Å². The third-order valence-electron chi connectivity index (χ3n) is 4.48. The first-order valence-electron chi connectivity index (χ1n) is 9.12. The molecule has 1 aliphatic rings. The van der Waals surface area contributed by atoms with Crippen molar-refractivity contribution in [1.82, 2.24) is 4.90 Å². The Labute approximate surface area is 154 Å². The van der Waals surface area contributed by atoms with Crippen LogP contribution in [0.5, 0.6) is 5.75 Å². The summed E-state index contributed by atoms with van der Waals surface area (Å²) in [4.78, 5) is 27.5. The summed E-state index contributed by atoms with van der Waals surface area (Å²) in [5.74, 6) is 0.221. The van der Waals surface area contributed by atoms with Crippen molar-refractivity contribution in [1.29, 1.82) is 0 Å². The third kappa shape index (κ3) is 4.04. The fourth-order valence-electron chi connectivity index (χ4n) is 3.17. The van der Waals surface area contributed by atoms with Gasteiger partial charge in [0.1, 0.15) is 5.75 Å². The van der Waals surface area contributed by atoms with Gasteiger partial charge in [0.05, 0.1) is 23.4 Å². The zero-order chi connectivity index (χ0) is 18.4. The zero-order valence-corrected chi connectivity index (χ0v) is 15.0.